The van der Waals surface area contributed by atoms with Crippen molar-refractivity contribution in [1.29, 1.82) is 0 Å². The minimum atomic E-state index is -0.140. The molecule has 110 valence electrons. The van der Waals surface area contributed by atoms with Crippen molar-refractivity contribution in [3.8, 4) is 0 Å². The lowest BCUT2D eigenvalue weighted by atomic mass is 10.1. The Kier molecular flexibility index (Phi) is 6.79. The first-order valence-electron chi connectivity index (χ1n) is 7.05. The number of ketones is 1. The number of amides is 1. The molecule has 0 aromatic heterocycles. The Hall–Kier alpha value is -1.29. The van der Waals surface area contributed by atoms with Crippen LogP contribution in [0.3, 0.4) is 0 Å². The zero-order valence-electron chi connectivity index (χ0n) is 12.6. The van der Waals surface area contributed by atoms with E-state index in [2.05, 4.69) is 19.2 Å². The number of thioether (sulfide) groups is 1. The van der Waals surface area contributed by atoms with Gasteiger partial charge in [0.15, 0.2) is 5.78 Å². The van der Waals surface area contributed by atoms with Crippen LogP contribution >= 0.6 is 11.8 Å². The lowest BCUT2D eigenvalue weighted by molar-refractivity contribution is -0.121. The normalized spacial score (nSPS) is 12.2. The van der Waals surface area contributed by atoms with Gasteiger partial charge in [-0.3, -0.25) is 9.59 Å². The highest BCUT2D eigenvalue weighted by Gasteiger charge is 2.16. The topological polar surface area (TPSA) is 46.2 Å². The molecule has 0 bridgehead atoms. The van der Waals surface area contributed by atoms with Crippen LogP contribution in [0.1, 0.15) is 50.9 Å². The maximum Gasteiger partial charge on any atom is 0.233 e. The summed E-state index contributed by atoms with van der Waals surface area (Å²) in [7, 11) is 0. The second-order valence-corrected chi connectivity index (χ2v) is 6.28. The van der Waals surface area contributed by atoms with Gasteiger partial charge < -0.3 is 5.32 Å². The average molecular weight is 293 g/mol. The number of carbonyl (C=O) groups excluding carboxylic acids is 2. The fourth-order valence-corrected chi connectivity index (χ4v) is 2.71. The van der Waals surface area contributed by atoms with Gasteiger partial charge in [0.2, 0.25) is 5.91 Å². The summed E-state index contributed by atoms with van der Waals surface area (Å²) in [6, 6.07) is 7.64. The van der Waals surface area contributed by atoms with Gasteiger partial charge in [0.05, 0.1) is 5.25 Å². The van der Waals surface area contributed by atoms with Crippen LogP contribution < -0.4 is 5.32 Å². The lowest BCUT2D eigenvalue weighted by Gasteiger charge is -2.18. The third-order valence-corrected chi connectivity index (χ3v) is 4.39. The van der Waals surface area contributed by atoms with Crippen molar-refractivity contribution < 1.29 is 9.59 Å². The van der Waals surface area contributed by atoms with Gasteiger partial charge in [-0.1, -0.05) is 26.0 Å². The van der Waals surface area contributed by atoms with Crippen LogP contribution in [-0.2, 0) is 4.79 Å². The van der Waals surface area contributed by atoms with Gasteiger partial charge in [0.1, 0.15) is 0 Å². The van der Waals surface area contributed by atoms with E-state index in [9.17, 15) is 9.59 Å². The quantitative estimate of drug-likeness (QED) is 0.616. The lowest BCUT2D eigenvalue weighted by Crippen LogP contribution is -2.38. The zero-order chi connectivity index (χ0) is 15.1. The Morgan fingerprint density at radius 1 is 1.15 bits per heavy atom. The molecule has 1 atom stereocenters. The van der Waals surface area contributed by atoms with Crippen molar-refractivity contribution in [3.63, 3.8) is 0 Å². The summed E-state index contributed by atoms with van der Waals surface area (Å²) in [4.78, 5) is 24.3. The van der Waals surface area contributed by atoms with Crippen molar-refractivity contribution in [2.75, 3.05) is 0 Å². The van der Waals surface area contributed by atoms with Crippen LogP contribution in [0.15, 0.2) is 29.2 Å². The molecule has 3 nitrogen and oxygen atoms in total. The van der Waals surface area contributed by atoms with Crippen LogP contribution in [0.4, 0.5) is 0 Å². The largest absolute Gasteiger partial charge is 0.352 e. The van der Waals surface area contributed by atoms with Gasteiger partial charge in [-0.05, 0) is 38.8 Å². The monoisotopic (exact) mass is 293 g/mol. The van der Waals surface area contributed by atoms with E-state index in [1.165, 1.54) is 11.8 Å². The van der Waals surface area contributed by atoms with Crippen molar-refractivity contribution in [2.45, 2.75) is 56.7 Å². The number of Topliss-reactive ketones (excluding diaryl/α,β-unsaturated/α-hetero) is 1. The highest BCUT2D eigenvalue weighted by Crippen LogP contribution is 2.24. The molecule has 0 aliphatic carbocycles. The molecule has 1 aromatic carbocycles. The van der Waals surface area contributed by atoms with E-state index in [0.717, 1.165) is 17.7 Å². The number of benzene rings is 1. The minimum absolute atomic E-state index is 0.0566. The van der Waals surface area contributed by atoms with E-state index in [0.29, 0.717) is 5.56 Å². The molecule has 0 heterocycles. The molecule has 0 aliphatic heterocycles. The second-order valence-electron chi connectivity index (χ2n) is 4.86. The zero-order valence-corrected chi connectivity index (χ0v) is 13.4. The van der Waals surface area contributed by atoms with Crippen LogP contribution in [-0.4, -0.2) is 23.0 Å². The smallest absolute Gasteiger partial charge is 0.233 e. The highest BCUT2D eigenvalue weighted by atomic mass is 32.2. The fraction of sp³-hybridized carbons (Fsp3) is 0.500. The molecule has 0 aliphatic rings. The number of hydrogen-bond acceptors (Lipinski definition) is 3. The van der Waals surface area contributed by atoms with E-state index in [1.807, 2.05) is 19.1 Å². The van der Waals surface area contributed by atoms with Crippen molar-refractivity contribution in [1.82, 2.24) is 5.32 Å². The van der Waals surface area contributed by atoms with E-state index in [1.54, 1.807) is 19.1 Å². The Morgan fingerprint density at radius 2 is 1.70 bits per heavy atom. The molecule has 20 heavy (non-hydrogen) atoms. The molecular weight excluding hydrogens is 270 g/mol. The molecule has 1 N–H and O–H groups in total. The molecular formula is C16H23NO2S. The maximum atomic E-state index is 12.1. The first-order valence-corrected chi connectivity index (χ1v) is 7.93. The molecule has 0 saturated heterocycles. The first kappa shape index (κ1) is 16.8. The Bertz CT molecular complexity index is 452. The maximum absolute atomic E-state index is 12.1. The molecule has 0 saturated carbocycles. The van der Waals surface area contributed by atoms with Gasteiger partial charge in [-0.25, -0.2) is 0 Å². The molecule has 0 radical (unpaired) electrons. The van der Waals surface area contributed by atoms with Crippen molar-refractivity contribution in [2.24, 2.45) is 0 Å². The van der Waals surface area contributed by atoms with Crippen molar-refractivity contribution >= 4 is 23.5 Å². The molecule has 1 amide bonds. The molecule has 4 heteroatoms. The summed E-state index contributed by atoms with van der Waals surface area (Å²) in [6.45, 7) is 7.61. The van der Waals surface area contributed by atoms with E-state index < -0.39 is 0 Å². The van der Waals surface area contributed by atoms with Gasteiger partial charge in [0, 0.05) is 16.5 Å². The summed E-state index contributed by atoms with van der Waals surface area (Å²) in [6.07, 6.45) is 1.90. The number of carbonyl (C=O) groups is 2. The van der Waals surface area contributed by atoms with Crippen LogP contribution in [0.2, 0.25) is 0 Å². The summed E-state index contributed by atoms with van der Waals surface area (Å²) in [5.41, 5.74) is 0.698. The van der Waals surface area contributed by atoms with Gasteiger partial charge >= 0.3 is 0 Å². The summed E-state index contributed by atoms with van der Waals surface area (Å²) in [5, 5.41) is 2.91. The highest BCUT2D eigenvalue weighted by molar-refractivity contribution is 8.00. The Morgan fingerprint density at radius 3 is 2.15 bits per heavy atom. The van der Waals surface area contributed by atoms with Crippen LogP contribution in [0.5, 0.6) is 0 Å². The molecule has 1 unspecified atom stereocenters. The van der Waals surface area contributed by atoms with Crippen molar-refractivity contribution in [3.05, 3.63) is 29.8 Å². The van der Waals surface area contributed by atoms with Gasteiger partial charge in [-0.15, -0.1) is 11.8 Å². The van der Waals surface area contributed by atoms with E-state index in [-0.39, 0.29) is 23.0 Å². The molecule has 1 aromatic rings. The molecule has 0 spiro atoms. The molecule has 0 fully saturated rings. The average Bonchev–Trinajstić information content (AvgIpc) is 2.44. The van der Waals surface area contributed by atoms with E-state index >= 15 is 0 Å². The van der Waals surface area contributed by atoms with Crippen LogP contribution in [0.25, 0.3) is 0 Å². The SMILES string of the molecule is CCC(CC)NC(=O)C(C)Sc1ccc(C(C)=O)cc1. The summed E-state index contributed by atoms with van der Waals surface area (Å²) >= 11 is 1.51. The number of nitrogens with one attached hydrogen (secondary N) is 1. The first-order chi connectivity index (χ1) is 9.47. The fourth-order valence-electron chi connectivity index (χ4n) is 1.84. The Labute approximate surface area is 125 Å². The third kappa shape index (κ3) is 5.00. The summed E-state index contributed by atoms with van der Waals surface area (Å²) < 4.78 is 0. The predicted octanol–water partition coefficient (Wildman–Crippen LogP) is 3.67. The minimum Gasteiger partial charge on any atom is -0.352 e. The standard InChI is InChI=1S/C16H23NO2S/c1-5-14(6-2)17-16(19)12(4)20-15-9-7-13(8-10-15)11(3)18/h7-10,12,14H,5-6H2,1-4H3,(H,17,19). The van der Waals surface area contributed by atoms with E-state index in [4.69, 9.17) is 0 Å². The summed E-state index contributed by atoms with van der Waals surface area (Å²) in [5.74, 6) is 0.125. The number of rotatable bonds is 7. The third-order valence-electron chi connectivity index (χ3n) is 3.27. The Balaban J connectivity index is 2.58. The van der Waals surface area contributed by atoms with Gasteiger partial charge in [-0.2, -0.15) is 0 Å². The van der Waals surface area contributed by atoms with Crippen LogP contribution in [0, 0.1) is 0 Å². The van der Waals surface area contributed by atoms with Gasteiger partial charge in [0.25, 0.3) is 0 Å². The predicted molar refractivity (Wildman–Crippen MR) is 84.3 cm³/mol. The molecule has 1 rings (SSSR count). The second kappa shape index (κ2) is 8.10. The number of hydrogen-bond donors (Lipinski definition) is 1.